The summed E-state index contributed by atoms with van der Waals surface area (Å²) in [5, 5.41) is 20.3. The molecule has 0 aliphatic carbocycles. The molecule has 0 aliphatic rings. The number of rotatable bonds is 6. The number of halogens is 2. The van der Waals surface area contributed by atoms with Crippen LogP contribution in [0.15, 0.2) is 35.7 Å². The van der Waals surface area contributed by atoms with Crippen LogP contribution in [0.25, 0.3) is 10.4 Å². The normalized spacial score (nSPS) is 9.62. The molecular weight excluding hydrogens is 331 g/mol. The fourth-order valence-corrected chi connectivity index (χ4v) is 2.80. The lowest BCUT2D eigenvalue weighted by molar-refractivity contribution is 0.281. The second-order valence-electron chi connectivity index (χ2n) is 4.19. The van der Waals surface area contributed by atoms with E-state index in [1.54, 1.807) is 11.3 Å². The van der Waals surface area contributed by atoms with Crippen molar-refractivity contribution in [3.8, 4) is 10.4 Å². The Morgan fingerprint density at radius 2 is 1.71 bits per heavy atom. The van der Waals surface area contributed by atoms with Gasteiger partial charge in [0.05, 0.1) is 13.2 Å². The van der Waals surface area contributed by atoms with Crippen LogP contribution in [0.2, 0.25) is 0 Å². The predicted molar refractivity (Wildman–Crippen MR) is 95.0 cm³/mol. The number of nitrogens with two attached hydrogens (primary N) is 1. The van der Waals surface area contributed by atoms with Gasteiger partial charge in [-0.2, -0.15) is 0 Å². The molecule has 4 N–H and O–H groups in total. The number of aliphatic hydroxyl groups excluding tert-OH is 2. The summed E-state index contributed by atoms with van der Waals surface area (Å²) in [6.07, 6.45) is 0. The van der Waals surface area contributed by atoms with Crippen molar-refractivity contribution in [2.45, 2.75) is 0 Å². The molecule has 1 aromatic heterocycles. The van der Waals surface area contributed by atoms with Crippen molar-refractivity contribution in [2.75, 3.05) is 36.9 Å². The third-order valence-electron chi connectivity index (χ3n) is 2.89. The van der Waals surface area contributed by atoms with Gasteiger partial charge in [0.2, 0.25) is 0 Å². The number of nitrogen functional groups attached to an aromatic ring is 1. The first-order valence-corrected chi connectivity index (χ1v) is 7.04. The Morgan fingerprint density at radius 3 is 2.24 bits per heavy atom. The lowest BCUT2D eigenvalue weighted by Gasteiger charge is -2.25. The number of nitrogens with zero attached hydrogens (tertiary/aromatic N) is 1. The fourth-order valence-electron chi connectivity index (χ4n) is 2.05. The van der Waals surface area contributed by atoms with Crippen molar-refractivity contribution < 1.29 is 10.2 Å². The largest absolute Gasteiger partial charge is 0.399 e. The topological polar surface area (TPSA) is 69.7 Å². The van der Waals surface area contributed by atoms with Gasteiger partial charge in [0.15, 0.2) is 0 Å². The molecule has 1 heterocycles. The highest BCUT2D eigenvalue weighted by Gasteiger charge is 2.13. The van der Waals surface area contributed by atoms with Gasteiger partial charge >= 0.3 is 0 Å². The molecule has 0 spiro atoms. The molecular formula is C14H20Cl2N2O2S. The number of anilines is 2. The number of benzene rings is 1. The Kier molecular flexibility index (Phi) is 9.41. The van der Waals surface area contributed by atoms with Crippen LogP contribution < -0.4 is 10.6 Å². The van der Waals surface area contributed by atoms with Crippen LogP contribution in [-0.4, -0.2) is 36.5 Å². The SMILES string of the molecule is Cl.Cl.Nc1ccc(N(CCO)CCO)c(-c2cccs2)c1. The number of aliphatic hydroxyl groups is 2. The fraction of sp³-hybridized carbons (Fsp3) is 0.286. The molecule has 4 nitrogen and oxygen atoms in total. The minimum atomic E-state index is 0. The molecule has 0 saturated carbocycles. The predicted octanol–water partition coefficient (Wildman–Crippen LogP) is 2.63. The van der Waals surface area contributed by atoms with Gasteiger partial charge in [-0.25, -0.2) is 0 Å². The Balaban J connectivity index is 0.00000200. The van der Waals surface area contributed by atoms with Gasteiger partial charge in [0.25, 0.3) is 0 Å². The van der Waals surface area contributed by atoms with Crippen molar-refractivity contribution in [3.05, 3.63) is 35.7 Å². The summed E-state index contributed by atoms with van der Waals surface area (Å²) >= 11 is 1.65. The molecule has 1 aromatic carbocycles. The molecule has 118 valence electrons. The van der Waals surface area contributed by atoms with Crippen molar-refractivity contribution >= 4 is 47.5 Å². The van der Waals surface area contributed by atoms with Crippen LogP contribution in [-0.2, 0) is 0 Å². The number of hydrogen-bond donors (Lipinski definition) is 3. The summed E-state index contributed by atoms with van der Waals surface area (Å²) in [7, 11) is 0. The molecule has 2 aromatic rings. The van der Waals surface area contributed by atoms with E-state index in [1.165, 1.54) is 0 Å². The maximum Gasteiger partial charge on any atom is 0.0606 e. The lowest BCUT2D eigenvalue weighted by atomic mass is 10.1. The second-order valence-corrected chi connectivity index (χ2v) is 5.14. The smallest absolute Gasteiger partial charge is 0.0606 e. The van der Waals surface area contributed by atoms with E-state index < -0.39 is 0 Å². The summed E-state index contributed by atoms with van der Waals surface area (Å²) in [5.41, 5.74) is 8.60. The van der Waals surface area contributed by atoms with Gasteiger partial charge in [-0.1, -0.05) is 6.07 Å². The minimum Gasteiger partial charge on any atom is -0.399 e. The third kappa shape index (κ3) is 5.05. The highest BCUT2D eigenvalue weighted by atomic mass is 35.5. The van der Waals surface area contributed by atoms with Crippen LogP contribution in [0.1, 0.15) is 0 Å². The van der Waals surface area contributed by atoms with Gasteiger partial charge < -0.3 is 20.8 Å². The first-order valence-electron chi connectivity index (χ1n) is 6.16. The van der Waals surface area contributed by atoms with Crippen LogP contribution in [0, 0.1) is 0 Å². The van der Waals surface area contributed by atoms with E-state index in [0.717, 1.165) is 16.1 Å². The standard InChI is InChI=1S/C14H18N2O2S.2ClH/c15-11-3-4-13(16(5-7-17)6-8-18)12(10-11)14-2-1-9-19-14;;/h1-4,9-10,17-18H,5-8,15H2;2*1H. The summed E-state index contributed by atoms with van der Waals surface area (Å²) in [5.74, 6) is 0. The molecule has 0 atom stereocenters. The molecule has 0 amide bonds. The monoisotopic (exact) mass is 350 g/mol. The summed E-state index contributed by atoms with van der Waals surface area (Å²) in [6, 6.07) is 9.75. The van der Waals surface area contributed by atoms with Gasteiger partial charge in [-0.15, -0.1) is 36.2 Å². The van der Waals surface area contributed by atoms with E-state index in [2.05, 4.69) is 0 Å². The van der Waals surface area contributed by atoms with E-state index in [-0.39, 0.29) is 38.0 Å². The van der Waals surface area contributed by atoms with E-state index >= 15 is 0 Å². The Hall–Kier alpha value is -0.980. The van der Waals surface area contributed by atoms with Crippen LogP contribution in [0.4, 0.5) is 11.4 Å². The second kappa shape index (κ2) is 9.87. The van der Waals surface area contributed by atoms with Crippen LogP contribution >= 0.6 is 36.2 Å². The maximum atomic E-state index is 9.16. The van der Waals surface area contributed by atoms with Gasteiger partial charge in [0.1, 0.15) is 0 Å². The summed E-state index contributed by atoms with van der Waals surface area (Å²) in [6.45, 7) is 1.08. The maximum absolute atomic E-state index is 9.16. The number of thiophene rings is 1. The molecule has 0 aliphatic heterocycles. The average Bonchev–Trinajstić information content (AvgIpc) is 2.92. The van der Waals surface area contributed by atoms with Crippen molar-refractivity contribution in [3.63, 3.8) is 0 Å². The van der Waals surface area contributed by atoms with Crippen molar-refractivity contribution in [1.82, 2.24) is 0 Å². The molecule has 0 fully saturated rings. The molecule has 7 heteroatoms. The molecule has 0 unspecified atom stereocenters. The van der Waals surface area contributed by atoms with Crippen LogP contribution in [0.5, 0.6) is 0 Å². The third-order valence-corrected chi connectivity index (χ3v) is 3.79. The first-order chi connectivity index (χ1) is 9.26. The van der Waals surface area contributed by atoms with Crippen LogP contribution in [0.3, 0.4) is 0 Å². The van der Waals surface area contributed by atoms with E-state index in [1.807, 2.05) is 40.6 Å². The highest BCUT2D eigenvalue weighted by Crippen LogP contribution is 2.35. The van der Waals surface area contributed by atoms with Crippen molar-refractivity contribution in [2.24, 2.45) is 0 Å². The minimum absolute atomic E-state index is 0. The highest BCUT2D eigenvalue weighted by molar-refractivity contribution is 7.13. The first kappa shape index (κ1) is 20.0. The van der Waals surface area contributed by atoms with Crippen molar-refractivity contribution in [1.29, 1.82) is 0 Å². The van der Waals surface area contributed by atoms with E-state index in [0.29, 0.717) is 18.8 Å². The Morgan fingerprint density at radius 1 is 1.05 bits per heavy atom. The molecule has 0 saturated heterocycles. The van der Waals surface area contributed by atoms with E-state index in [4.69, 9.17) is 15.9 Å². The van der Waals surface area contributed by atoms with E-state index in [9.17, 15) is 0 Å². The summed E-state index contributed by atoms with van der Waals surface area (Å²) < 4.78 is 0. The molecule has 2 rings (SSSR count). The summed E-state index contributed by atoms with van der Waals surface area (Å²) in [4.78, 5) is 3.09. The molecule has 0 radical (unpaired) electrons. The lowest BCUT2D eigenvalue weighted by Crippen LogP contribution is -2.30. The molecule has 21 heavy (non-hydrogen) atoms. The Labute approximate surface area is 141 Å². The van der Waals surface area contributed by atoms with Gasteiger partial charge in [0, 0.05) is 34.9 Å². The zero-order valence-electron chi connectivity index (χ0n) is 11.4. The molecule has 0 bridgehead atoms. The van der Waals surface area contributed by atoms with Gasteiger partial charge in [-0.3, -0.25) is 0 Å². The Bertz CT molecular complexity index is 518. The quantitative estimate of drug-likeness (QED) is 0.700. The average molecular weight is 351 g/mol. The zero-order chi connectivity index (χ0) is 13.7. The zero-order valence-corrected chi connectivity index (χ0v) is 13.9. The van der Waals surface area contributed by atoms with Gasteiger partial charge in [-0.05, 0) is 29.6 Å². The number of hydrogen-bond acceptors (Lipinski definition) is 5.